The van der Waals surface area contributed by atoms with Crippen LogP contribution in [0.15, 0.2) is 36.4 Å². The number of aliphatic hydroxyl groups excluding tert-OH is 2. The van der Waals surface area contributed by atoms with Crippen LogP contribution in [0.4, 0.5) is 0 Å². The average Bonchev–Trinajstić information content (AvgIpc) is 2.98. The molecule has 0 bridgehead atoms. The molecule has 3 nitrogen and oxygen atoms in total. The molecule has 0 amide bonds. The fraction of sp³-hybridized carbons (Fsp3) is 0.591. The molecule has 1 aliphatic rings. The Labute approximate surface area is 188 Å². The number of halogens is 1. The zero-order chi connectivity index (χ0) is 18.8. The highest BCUT2D eigenvalue weighted by Gasteiger charge is 2.32. The van der Waals surface area contributed by atoms with E-state index in [-0.39, 0.29) is 33.1 Å². The summed E-state index contributed by atoms with van der Waals surface area (Å²) in [5.74, 6) is 0.639. The molecule has 0 unspecified atom stereocenters. The number of unbranched alkanes of at least 4 members (excludes halogenated alkanes) is 4. The van der Waals surface area contributed by atoms with Gasteiger partial charge in [0.25, 0.3) is 0 Å². The van der Waals surface area contributed by atoms with Crippen molar-refractivity contribution in [3.63, 3.8) is 0 Å². The van der Waals surface area contributed by atoms with Crippen molar-refractivity contribution in [3.05, 3.63) is 47.0 Å². The predicted octanol–water partition coefficient (Wildman–Crippen LogP) is 4.95. The largest absolute Gasteiger partial charge is 0.393 e. The smallest absolute Gasteiger partial charge is 0.119 e. The van der Waals surface area contributed by atoms with Gasteiger partial charge in [-0.2, -0.15) is 27.0 Å². The molecule has 1 saturated carbocycles. The Morgan fingerprint density at radius 3 is 2.43 bits per heavy atom. The van der Waals surface area contributed by atoms with E-state index in [1.807, 2.05) is 30.3 Å². The van der Waals surface area contributed by atoms with E-state index in [1.54, 1.807) is 0 Å². The molecule has 1 aliphatic carbocycles. The van der Waals surface area contributed by atoms with Gasteiger partial charge in [0.1, 0.15) is 6.29 Å². The molecule has 0 aromatic heterocycles. The van der Waals surface area contributed by atoms with Crippen LogP contribution in [0.25, 0.3) is 0 Å². The first-order valence-corrected chi connectivity index (χ1v) is 10.2. The molecule has 1 aromatic carbocycles. The number of carbonyl (C=O) groups is 1. The first-order chi connectivity index (χ1) is 12.6. The van der Waals surface area contributed by atoms with E-state index in [0.717, 1.165) is 56.8 Å². The molecular formula is C22H35ClO3S2. The van der Waals surface area contributed by atoms with E-state index in [9.17, 15) is 15.0 Å². The van der Waals surface area contributed by atoms with Gasteiger partial charge in [0.2, 0.25) is 0 Å². The minimum atomic E-state index is -0.516. The predicted molar refractivity (Wildman–Crippen MR) is 127 cm³/mol. The van der Waals surface area contributed by atoms with Crippen molar-refractivity contribution in [1.82, 2.24) is 0 Å². The Kier molecular flexibility index (Phi) is 15.1. The standard InChI is InChI=1S/C22H31ClO3.2H2S/c23-19-11-7-17(8-12-19)16-20(25)13-9-18-10-14-22(26)21(18)6-4-2-1-3-5-15-24;;/h7-9,11-13,15,18,20-22,25-26H,1-6,10,14,16H2;2*1H2/b13-9+;;/t18-,20+,21+,22-;;/m0../s1. The molecular weight excluding hydrogens is 412 g/mol. The molecule has 0 saturated heterocycles. The molecule has 0 heterocycles. The van der Waals surface area contributed by atoms with Gasteiger partial charge in [-0.25, -0.2) is 0 Å². The normalized spacial score (nSPS) is 22.5. The highest BCUT2D eigenvalue weighted by molar-refractivity contribution is 7.59. The number of aliphatic hydroxyl groups is 2. The minimum absolute atomic E-state index is 0. The summed E-state index contributed by atoms with van der Waals surface area (Å²) in [6, 6.07) is 7.55. The van der Waals surface area contributed by atoms with E-state index in [1.165, 1.54) is 0 Å². The van der Waals surface area contributed by atoms with E-state index in [0.29, 0.717) is 29.7 Å². The van der Waals surface area contributed by atoms with Crippen LogP contribution in [-0.4, -0.2) is 28.7 Å². The Hall–Kier alpha value is -0.460. The van der Waals surface area contributed by atoms with E-state index in [2.05, 4.69) is 6.08 Å². The molecule has 4 atom stereocenters. The van der Waals surface area contributed by atoms with Gasteiger partial charge in [-0.15, -0.1) is 0 Å². The lowest BCUT2D eigenvalue weighted by Gasteiger charge is -2.20. The topological polar surface area (TPSA) is 57.5 Å². The molecule has 2 N–H and O–H groups in total. The van der Waals surface area contributed by atoms with Crippen LogP contribution in [0.5, 0.6) is 0 Å². The molecule has 160 valence electrons. The quantitative estimate of drug-likeness (QED) is 0.287. The van der Waals surface area contributed by atoms with Crippen LogP contribution < -0.4 is 0 Å². The summed E-state index contributed by atoms with van der Waals surface area (Å²) < 4.78 is 0. The third-order valence-corrected chi connectivity index (χ3v) is 5.64. The fourth-order valence-electron chi connectivity index (χ4n) is 3.88. The van der Waals surface area contributed by atoms with Gasteiger partial charge >= 0.3 is 0 Å². The zero-order valence-electron chi connectivity index (χ0n) is 16.4. The van der Waals surface area contributed by atoms with Crippen molar-refractivity contribution in [1.29, 1.82) is 0 Å². The molecule has 28 heavy (non-hydrogen) atoms. The minimum Gasteiger partial charge on any atom is -0.393 e. The number of hydrogen-bond acceptors (Lipinski definition) is 3. The van der Waals surface area contributed by atoms with Crippen molar-refractivity contribution in [2.45, 2.75) is 70.0 Å². The van der Waals surface area contributed by atoms with Gasteiger partial charge in [0, 0.05) is 17.9 Å². The lowest BCUT2D eigenvalue weighted by atomic mass is 9.88. The maximum Gasteiger partial charge on any atom is 0.119 e. The Balaban J connectivity index is 0.00000364. The number of rotatable bonds is 11. The maximum atomic E-state index is 10.3. The van der Waals surface area contributed by atoms with Gasteiger partial charge in [0.15, 0.2) is 0 Å². The summed E-state index contributed by atoms with van der Waals surface area (Å²) in [5.41, 5.74) is 1.06. The number of allylic oxidation sites excluding steroid dienone is 1. The molecule has 1 fully saturated rings. The maximum absolute atomic E-state index is 10.3. The molecule has 0 radical (unpaired) electrons. The van der Waals surface area contributed by atoms with E-state index in [4.69, 9.17) is 11.6 Å². The van der Waals surface area contributed by atoms with Crippen molar-refractivity contribution < 1.29 is 15.0 Å². The molecule has 6 heteroatoms. The SMILES string of the molecule is O=CCCCCCC[C@H]1[C@@H](O)CC[C@@H]1/C=C/[C@@H](O)Cc1ccc(Cl)cc1.S.S. The lowest BCUT2D eigenvalue weighted by molar-refractivity contribution is -0.107. The monoisotopic (exact) mass is 446 g/mol. The summed E-state index contributed by atoms with van der Waals surface area (Å²) >= 11 is 5.89. The fourth-order valence-corrected chi connectivity index (χ4v) is 4.01. The van der Waals surface area contributed by atoms with Crippen molar-refractivity contribution in [2.24, 2.45) is 11.8 Å². The highest BCUT2D eigenvalue weighted by Crippen LogP contribution is 2.36. The van der Waals surface area contributed by atoms with Crippen LogP contribution in [0.3, 0.4) is 0 Å². The van der Waals surface area contributed by atoms with Gasteiger partial charge in [-0.05, 0) is 55.2 Å². The Morgan fingerprint density at radius 2 is 1.75 bits per heavy atom. The average molecular weight is 447 g/mol. The Bertz CT molecular complexity index is 565. The van der Waals surface area contributed by atoms with Gasteiger partial charge in [-0.3, -0.25) is 0 Å². The lowest BCUT2D eigenvalue weighted by Crippen LogP contribution is -2.18. The number of aldehydes is 1. The second-order valence-corrected chi connectivity index (χ2v) is 7.85. The van der Waals surface area contributed by atoms with Crippen LogP contribution in [-0.2, 0) is 11.2 Å². The van der Waals surface area contributed by atoms with Gasteiger partial charge in [0.05, 0.1) is 12.2 Å². The number of benzene rings is 1. The van der Waals surface area contributed by atoms with Crippen LogP contribution in [0.2, 0.25) is 5.02 Å². The molecule has 1 aromatic rings. The second kappa shape index (κ2) is 15.4. The summed E-state index contributed by atoms with van der Waals surface area (Å²) in [6.45, 7) is 0. The molecule has 2 rings (SSSR count). The first-order valence-electron chi connectivity index (χ1n) is 9.82. The van der Waals surface area contributed by atoms with Crippen LogP contribution >= 0.6 is 38.6 Å². The van der Waals surface area contributed by atoms with E-state index >= 15 is 0 Å². The summed E-state index contributed by atoms with van der Waals surface area (Å²) in [4.78, 5) is 10.3. The Morgan fingerprint density at radius 1 is 1.07 bits per heavy atom. The summed E-state index contributed by atoms with van der Waals surface area (Å²) in [6.07, 6.45) is 12.6. The van der Waals surface area contributed by atoms with Crippen molar-refractivity contribution in [3.8, 4) is 0 Å². The number of hydrogen-bond donors (Lipinski definition) is 2. The van der Waals surface area contributed by atoms with Crippen LogP contribution in [0.1, 0.15) is 56.9 Å². The highest BCUT2D eigenvalue weighted by atomic mass is 35.5. The van der Waals surface area contributed by atoms with Gasteiger partial charge in [-0.1, -0.05) is 55.1 Å². The first kappa shape index (κ1) is 27.5. The van der Waals surface area contributed by atoms with Gasteiger partial charge < -0.3 is 15.0 Å². The van der Waals surface area contributed by atoms with E-state index < -0.39 is 6.10 Å². The van der Waals surface area contributed by atoms with Crippen molar-refractivity contribution in [2.75, 3.05) is 0 Å². The number of carbonyl (C=O) groups excluding carboxylic acids is 1. The van der Waals surface area contributed by atoms with Crippen molar-refractivity contribution >= 4 is 44.9 Å². The third-order valence-electron chi connectivity index (χ3n) is 5.39. The summed E-state index contributed by atoms with van der Waals surface area (Å²) in [5, 5.41) is 21.2. The third kappa shape index (κ3) is 9.84. The zero-order valence-corrected chi connectivity index (χ0v) is 19.2. The summed E-state index contributed by atoms with van der Waals surface area (Å²) in [7, 11) is 0. The molecule has 0 spiro atoms. The molecule has 0 aliphatic heterocycles. The second-order valence-electron chi connectivity index (χ2n) is 7.41. The van der Waals surface area contributed by atoms with Crippen LogP contribution in [0, 0.1) is 11.8 Å².